The zero-order valence-corrected chi connectivity index (χ0v) is 53.3. The van der Waals surface area contributed by atoms with Crippen LogP contribution in [0.1, 0.15) is 283 Å². The average molecular weight is 978 g/mol. The smallest absolute Gasteiger partial charge is 0.00258 e. The van der Waals surface area contributed by atoms with Gasteiger partial charge in [0.05, 0.1) is 0 Å². The van der Waals surface area contributed by atoms with Crippen LogP contribution in [0.25, 0.3) is 0 Å². The molecule has 0 N–H and O–H groups in total. The lowest BCUT2D eigenvalue weighted by Crippen LogP contribution is -2.14. The van der Waals surface area contributed by atoms with Gasteiger partial charge in [-0.2, -0.15) is 0 Å². The largest absolute Gasteiger partial charge is 0.0776 e. The molecule has 2 aliphatic rings. The van der Waals surface area contributed by atoms with Gasteiger partial charge in [-0.05, 0) is 119 Å². The summed E-state index contributed by atoms with van der Waals surface area (Å²) in [7, 11) is 0. The Bertz CT molecular complexity index is 1230. The van der Waals surface area contributed by atoms with Crippen molar-refractivity contribution >= 4 is 0 Å². The second kappa shape index (κ2) is 77.3. The molecular formula is C70H136. The number of rotatable bonds is 6. The summed E-state index contributed by atoms with van der Waals surface area (Å²) in [6.07, 6.45) is 15.1. The molecule has 0 nitrogen and oxygen atoms in total. The topological polar surface area (TPSA) is 0 Å². The van der Waals surface area contributed by atoms with E-state index in [0.29, 0.717) is 0 Å². The monoisotopic (exact) mass is 977 g/mol. The molecule has 0 heteroatoms. The first-order valence-electron chi connectivity index (χ1n) is 29.9. The molecule has 70 heavy (non-hydrogen) atoms. The Labute approximate surface area is 448 Å². The van der Waals surface area contributed by atoms with Gasteiger partial charge < -0.3 is 0 Å². The van der Waals surface area contributed by atoms with Crippen molar-refractivity contribution in [2.45, 2.75) is 286 Å². The molecule has 4 aromatic carbocycles. The molecule has 0 spiro atoms. The highest BCUT2D eigenvalue weighted by molar-refractivity contribution is 5.30. The minimum Gasteiger partial charge on any atom is -0.0776 e. The van der Waals surface area contributed by atoms with Crippen LogP contribution in [-0.4, -0.2) is 0 Å². The molecule has 0 unspecified atom stereocenters. The van der Waals surface area contributed by atoms with E-state index in [0.717, 1.165) is 30.1 Å². The van der Waals surface area contributed by atoms with Gasteiger partial charge in [0.15, 0.2) is 0 Å². The first-order chi connectivity index (χ1) is 33.7. The minimum atomic E-state index is 0. The van der Waals surface area contributed by atoms with Crippen molar-refractivity contribution < 1.29 is 0 Å². The van der Waals surface area contributed by atoms with Crippen LogP contribution >= 0.6 is 0 Å². The molecule has 2 aliphatic carbocycles. The third-order valence-corrected chi connectivity index (χ3v) is 10.2. The SMILES string of the molecule is C.CC.CC.CC.CC.CC.CC.CC.CC.CC.CC.CC.CC.Cc1ccc(CC2CCC(C)CC2)cc1.Cc1ccc(CC2CCC(C)CC2)cc1.Cc1ccc(Cc2ccc(C)cc2)cc1. The van der Waals surface area contributed by atoms with E-state index in [4.69, 9.17) is 0 Å². The lowest BCUT2D eigenvalue weighted by atomic mass is 9.80. The van der Waals surface area contributed by atoms with Crippen LogP contribution in [0.2, 0.25) is 0 Å². The van der Waals surface area contributed by atoms with E-state index in [-0.39, 0.29) is 7.43 Å². The zero-order chi connectivity index (χ0) is 56.0. The fourth-order valence-electron chi connectivity index (χ4n) is 6.83. The van der Waals surface area contributed by atoms with E-state index < -0.39 is 0 Å². The lowest BCUT2D eigenvalue weighted by molar-refractivity contribution is 0.289. The molecule has 0 saturated heterocycles. The first kappa shape index (κ1) is 89.7. The van der Waals surface area contributed by atoms with E-state index in [1.165, 1.54) is 109 Å². The highest BCUT2D eigenvalue weighted by Gasteiger charge is 2.19. The molecule has 416 valence electrons. The van der Waals surface area contributed by atoms with E-state index >= 15 is 0 Å². The van der Waals surface area contributed by atoms with E-state index in [1.807, 2.05) is 166 Å². The van der Waals surface area contributed by atoms with Gasteiger partial charge in [0.2, 0.25) is 0 Å². The van der Waals surface area contributed by atoms with Crippen LogP contribution in [0, 0.1) is 51.4 Å². The summed E-state index contributed by atoms with van der Waals surface area (Å²) in [6, 6.07) is 35.6. The third kappa shape index (κ3) is 55.8. The van der Waals surface area contributed by atoms with Gasteiger partial charge in [0, 0.05) is 0 Å². The quantitative estimate of drug-likeness (QED) is 0.181. The average Bonchev–Trinajstić information content (AvgIpc) is 3.45. The number of aryl methyl sites for hydroxylation is 4. The molecule has 0 radical (unpaired) electrons. The van der Waals surface area contributed by atoms with Gasteiger partial charge in [-0.1, -0.05) is 332 Å². The summed E-state index contributed by atoms with van der Waals surface area (Å²) in [5.74, 6) is 3.84. The maximum atomic E-state index is 2.39. The molecular weight excluding hydrogens is 841 g/mol. The lowest BCUT2D eigenvalue weighted by Gasteiger charge is -2.26. The molecule has 2 fully saturated rings. The first-order valence-corrected chi connectivity index (χ1v) is 29.9. The van der Waals surface area contributed by atoms with Crippen molar-refractivity contribution in [3.8, 4) is 0 Å². The normalized spacial score (nSPS) is 14.6. The van der Waals surface area contributed by atoms with Crippen molar-refractivity contribution in [2.24, 2.45) is 23.7 Å². The van der Waals surface area contributed by atoms with Crippen LogP contribution < -0.4 is 0 Å². The summed E-state index contributed by atoms with van der Waals surface area (Å²) in [5, 5.41) is 0. The Kier molecular flexibility index (Phi) is 99.1. The number of hydrogen-bond donors (Lipinski definition) is 0. The van der Waals surface area contributed by atoms with Crippen molar-refractivity contribution in [1.29, 1.82) is 0 Å². The summed E-state index contributed by atoms with van der Waals surface area (Å²) in [5.41, 5.74) is 11.2. The number of hydrogen-bond acceptors (Lipinski definition) is 0. The molecule has 0 aromatic heterocycles. The minimum absolute atomic E-state index is 0. The van der Waals surface area contributed by atoms with Gasteiger partial charge in [-0.15, -0.1) is 0 Å². The van der Waals surface area contributed by atoms with Crippen molar-refractivity contribution in [2.75, 3.05) is 0 Å². The van der Waals surface area contributed by atoms with Crippen molar-refractivity contribution in [3.05, 3.63) is 142 Å². The molecule has 2 saturated carbocycles. The standard InChI is InChI=1S/2C15H22.C15H16.12C2H6.CH4/c3*1-12-3-7-14(8-4-12)11-15-9-5-13(2)6-10-15;12*1-2;/h2*3-4,7-8,13,15H,5-6,9-11H2,1-2H3;3-10H,11H2,1-2H3;12*1-2H3;1H4. The maximum absolute atomic E-state index is 2.39. The molecule has 4 aromatic rings. The molecule has 6 rings (SSSR count). The Balaban J connectivity index is -0.0000000787. The third-order valence-electron chi connectivity index (χ3n) is 10.2. The maximum Gasteiger partial charge on any atom is -0.00258 e. The second-order valence-electron chi connectivity index (χ2n) is 14.8. The fourth-order valence-corrected chi connectivity index (χ4v) is 6.83. The predicted octanol–water partition coefficient (Wildman–Crippen LogP) is 25.6. The highest BCUT2D eigenvalue weighted by atomic mass is 14.2. The Morgan fingerprint density at radius 3 is 0.586 bits per heavy atom. The Hall–Kier alpha value is -3.12. The molecule has 0 heterocycles. The summed E-state index contributed by atoms with van der Waals surface area (Å²) in [6.45, 7) is 61.3. The van der Waals surface area contributed by atoms with Crippen LogP contribution in [0.4, 0.5) is 0 Å². The van der Waals surface area contributed by atoms with Gasteiger partial charge in [-0.3, -0.25) is 0 Å². The number of benzene rings is 4. The van der Waals surface area contributed by atoms with Gasteiger partial charge in [-0.25, -0.2) is 0 Å². The zero-order valence-electron chi connectivity index (χ0n) is 53.3. The molecule has 0 bridgehead atoms. The predicted molar refractivity (Wildman–Crippen MR) is 340 cm³/mol. The molecule has 0 amide bonds. The summed E-state index contributed by atoms with van der Waals surface area (Å²) in [4.78, 5) is 0. The van der Waals surface area contributed by atoms with Crippen LogP contribution in [-0.2, 0) is 19.3 Å². The van der Waals surface area contributed by atoms with E-state index in [9.17, 15) is 0 Å². The van der Waals surface area contributed by atoms with Gasteiger partial charge in [0.1, 0.15) is 0 Å². The highest BCUT2D eigenvalue weighted by Crippen LogP contribution is 2.31. The Morgan fingerprint density at radius 2 is 0.414 bits per heavy atom. The van der Waals surface area contributed by atoms with Crippen LogP contribution in [0.15, 0.2) is 97.1 Å². The molecule has 0 atom stereocenters. The molecule has 0 aliphatic heterocycles. The second-order valence-corrected chi connectivity index (χ2v) is 14.8. The van der Waals surface area contributed by atoms with Crippen molar-refractivity contribution in [3.63, 3.8) is 0 Å². The van der Waals surface area contributed by atoms with E-state index in [1.54, 1.807) is 0 Å². The van der Waals surface area contributed by atoms with Crippen LogP contribution in [0.3, 0.4) is 0 Å². The van der Waals surface area contributed by atoms with Gasteiger partial charge in [0.25, 0.3) is 0 Å². The summed E-state index contributed by atoms with van der Waals surface area (Å²) < 4.78 is 0. The van der Waals surface area contributed by atoms with E-state index in [2.05, 4.69) is 139 Å². The van der Waals surface area contributed by atoms with Crippen LogP contribution in [0.5, 0.6) is 0 Å². The summed E-state index contributed by atoms with van der Waals surface area (Å²) >= 11 is 0. The van der Waals surface area contributed by atoms with Crippen molar-refractivity contribution in [1.82, 2.24) is 0 Å². The fraction of sp³-hybridized carbons (Fsp3) is 0.657. The van der Waals surface area contributed by atoms with Gasteiger partial charge >= 0.3 is 0 Å². The Morgan fingerprint density at radius 1 is 0.257 bits per heavy atom.